The van der Waals surface area contributed by atoms with Crippen LogP contribution in [0, 0.1) is 0 Å². The average molecular weight is 861 g/mol. The summed E-state index contributed by atoms with van der Waals surface area (Å²) in [5, 5.41) is 8.78. The Balaban J connectivity index is 1.15. The molecule has 4 nitrogen and oxygen atoms in total. The van der Waals surface area contributed by atoms with Crippen molar-refractivity contribution < 1.29 is 8.83 Å². The van der Waals surface area contributed by atoms with E-state index < -0.39 is 0 Å². The Morgan fingerprint density at radius 3 is 1.03 bits per heavy atom. The van der Waals surface area contributed by atoms with Crippen molar-refractivity contribution in [3.05, 3.63) is 192 Å². The van der Waals surface area contributed by atoms with Gasteiger partial charge in [-0.3, -0.25) is 0 Å². The Hall–Kier alpha value is -7.30. The van der Waals surface area contributed by atoms with Crippen molar-refractivity contribution in [2.75, 3.05) is 9.80 Å². The minimum Gasteiger partial charge on any atom is -0.456 e. The third kappa shape index (κ3) is 6.90. The molecule has 0 aliphatic rings. The minimum atomic E-state index is 0.438. The third-order valence-corrected chi connectivity index (χ3v) is 13.8. The number of fused-ring (bicyclic) bond motifs is 11. The van der Waals surface area contributed by atoms with Gasteiger partial charge in [-0.15, -0.1) is 0 Å². The monoisotopic (exact) mass is 860 g/mol. The van der Waals surface area contributed by atoms with Gasteiger partial charge in [-0.2, -0.15) is 0 Å². The molecule has 0 fully saturated rings. The molecule has 0 aliphatic carbocycles. The van der Waals surface area contributed by atoms with Crippen molar-refractivity contribution in [2.24, 2.45) is 0 Å². The lowest BCUT2D eigenvalue weighted by atomic mass is 9.97. The lowest BCUT2D eigenvalue weighted by Gasteiger charge is -2.27. The SMILES string of the molecule is CC(C)c1ccc(N(c2ccc(C(C)C)cc2)c2cc3oc4c(ccc5oc6cc(N(c7ccc(C(C)C)cc7)c7ccc(C(C)C)cc7)c7ccccc7c6c54)c3c3ccccc23)cc1. The number of anilines is 6. The van der Waals surface area contributed by atoms with Gasteiger partial charge in [0.2, 0.25) is 0 Å². The number of hydrogen-bond acceptors (Lipinski definition) is 4. The first-order valence-corrected chi connectivity index (χ1v) is 23.7. The third-order valence-electron chi connectivity index (χ3n) is 13.8. The van der Waals surface area contributed by atoms with Crippen molar-refractivity contribution in [3.8, 4) is 0 Å². The second-order valence-corrected chi connectivity index (χ2v) is 19.3. The van der Waals surface area contributed by atoms with E-state index in [1.165, 1.54) is 22.3 Å². The van der Waals surface area contributed by atoms with Crippen LogP contribution in [-0.4, -0.2) is 0 Å². The summed E-state index contributed by atoms with van der Waals surface area (Å²) in [7, 11) is 0. The quantitative estimate of drug-likeness (QED) is 0.137. The first-order valence-electron chi connectivity index (χ1n) is 23.7. The number of rotatable bonds is 10. The van der Waals surface area contributed by atoms with E-state index in [0.717, 1.165) is 99.5 Å². The van der Waals surface area contributed by atoms with Crippen LogP contribution in [0.4, 0.5) is 34.1 Å². The van der Waals surface area contributed by atoms with Gasteiger partial charge in [0, 0.05) is 61.8 Å². The van der Waals surface area contributed by atoms with Crippen LogP contribution in [-0.2, 0) is 0 Å². The Morgan fingerprint density at radius 2 is 0.652 bits per heavy atom. The molecule has 0 radical (unpaired) electrons. The highest BCUT2D eigenvalue weighted by Crippen LogP contribution is 2.50. The predicted octanol–water partition coefficient (Wildman–Crippen LogP) is 19.2. The van der Waals surface area contributed by atoms with Crippen LogP contribution in [0.2, 0.25) is 0 Å². The fraction of sp³-hybridized carbons (Fsp3) is 0.194. The number of furan rings is 2. The molecule has 2 aromatic heterocycles. The molecule has 0 unspecified atom stereocenters. The van der Waals surface area contributed by atoms with E-state index in [0.29, 0.717) is 23.7 Å². The minimum absolute atomic E-state index is 0.438. The van der Waals surface area contributed by atoms with Gasteiger partial charge < -0.3 is 18.6 Å². The highest BCUT2D eigenvalue weighted by molar-refractivity contribution is 6.32. The Bertz CT molecular complexity index is 3470. The average Bonchev–Trinajstić information content (AvgIpc) is 3.91. The molecule has 326 valence electrons. The van der Waals surface area contributed by atoms with Crippen LogP contribution in [0.1, 0.15) is 101 Å². The lowest BCUT2D eigenvalue weighted by Crippen LogP contribution is -2.11. The number of nitrogens with zero attached hydrogens (tertiary/aromatic N) is 2. The summed E-state index contributed by atoms with van der Waals surface area (Å²) in [6.07, 6.45) is 0. The summed E-state index contributed by atoms with van der Waals surface area (Å²) < 4.78 is 14.2. The van der Waals surface area contributed by atoms with Crippen LogP contribution in [0.3, 0.4) is 0 Å². The van der Waals surface area contributed by atoms with Crippen molar-refractivity contribution in [1.29, 1.82) is 0 Å². The first kappa shape index (κ1) is 41.4. The maximum absolute atomic E-state index is 7.23. The molecule has 9 aromatic carbocycles. The molecule has 0 atom stereocenters. The molecule has 0 spiro atoms. The van der Waals surface area contributed by atoms with Crippen LogP contribution in [0.15, 0.2) is 179 Å². The van der Waals surface area contributed by atoms with Gasteiger partial charge in [0.1, 0.15) is 22.3 Å². The fourth-order valence-electron chi connectivity index (χ4n) is 10.0. The molecule has 0 aliphatic heterocycles. The van der Waals surface area contributed by atoms with Gasteiger partial charge in [-0.05, 0) is 117 Å². The van der Waals surface area contributed by atoms with Crippen molar-refractivity contribution in [1.82, 2.24) is 0 Å². The van der Waals surface area contributed by atoms with E-state index in [2.05, 4.69) is 235 Å². The topological polar surface area (TPSA) is 32.8 Å². The van der Waals surface area contributed by atoms with Crippen molar-refractivity contribution in [3.63, 3.8) is 0 Å². The second-order valence-electron chi connectivity index (χ2n) is 19.3. The molecule has 0 saturated carbocycles. The summed E-state index contributed by atoms with van der Waals surface area (Å²) in [6.45, 7) is 18.0. The number of benzene rings is 9. The van der Waals surface area contributed by atoms with E-state index in [1.54, 1.807) is 0 Å². The van der Waals surface area contributed by atoms with Gasteiger partial charge in [-0.1, -0.05) is 152 Å². The molecule has 2 heterocycles. The molecule has 4 heteroatoms. The zero-order valence-corrected chi connectivity index (χ0v) is 39.2. The Kier molecular flexibility index (Phi) is 10.2. The summed E-state index contributed by atoms with van der Waals surface area (Å²) in [4.78, 5) is 4.77. The van der Waals surface area contributed by atoms with E-state index in [4.69, 9.17) is 8.83 Å². The van der Waals surface area contributed by atoms with Crippen LogP contribution in [0.5, 0.6) is 0 Å². The Morgan fingerprint density at radius 1 is 0.303 bits per heavy atom. The summed E-state index contributed by atoms with van der Waals surface area (Å²) in [5.74, 6) is 1.75. The van der Waals surface area contributed by atoms with E-state index in [-0.39, 0.29) is 0 Å². The van der Waals surface area contributed by atoms with Gasteiger partial charge in [0.15, 0.2) is 0 Å². The smallest absolute Gasteiger partial charge is 0.147 e. The zero-order chi connectivity index (χ0) is 45.4. The maximum Gasteiger partial charge on any atom is 0.147 e. The zero-order valence-electron chi connectivity index (χ0n) is 39.2. The molecule has 11 aromatic rings. The van der Waals surface area contributed by atoms with E-state index in [9.17, 15) is 0 Å². The van der Waals surface area contributed by atoms with Crippen molar-refractivity contribution in [2.45, 2.75) is 79.1 Å². The largest absolute Gasteiger partial charge is 0.456 e. The summed E-state index contributed by atoms with van der Waals surface area (Å²) in [5.41, 5.74) is 15.1. The summed E-state index contributed by atoms with van der Waals surface area (Å²) >= 11 is 0. The first-order chi connectivity index (χ1) is 32.0. The van der Waals surface area contributed by atoms with Gasteiger partial charge in [0.25, 0.3) is 0 Å². The molecule has 0 amide bonds. The highest BCUT2D eigenvalue weighted by atomic mass is 16.3. The van der Waals surface area contributed by atoms with Gasteiger partial charge >= 0.3 is 0 Å². The standard InChI is InChI=1S/C62H56N2O2/c1-37(2)41-17-25-45(26-18-41)63(46-27-19-42(20-28-46)38(3)4)54-35-57-59(51-15-11-9-13-49(51)54)53-33-34-56-61(62(53)66-57)60-52-16-12-10-14-50(52)55(36-58(60)65-56)64(47-29-21-43(22-30-47)39(5)6)48-31-23-44(24-32-48)40(7)8/h9-40H,1-8H3. The predicted molar refractivity (Wildman–Crippen MR) is 282 cm³/mol. The Labute approximate surface area is 387 Å². The molecule has 0 bridgehead atoms. The highest BCUT2D eigenvalue weighted by Gasteiger charge is 2.26. The van der Waals surface area contributed by atoms with Gasteiger partial charge in [0.05, 0.1) is 16.8 Å². The molecule has 66 heavy (non-hydrogen) atoms. The molecule has 0 N–H and O–H groups in total. The fourth-order valence-corrected chi connectivity index (χ4v) is 10.0. The maximum atomic E-state index is 7.23. The van der Waals surface area contributed by atoms with Crippen LogP contribution >= 0.6 is 0 Å². The van der Waals surface area contributed by atoms with E-state index in [1.807, 2.05) is 0 Å². The lowest BCUT2D eigenvalue weighted by molar-refractivity contribution is 0.663. The molecule has 0 saturated heterocycles. The van der Waals surface area contributed by atoms with Gasteiger partial charge in [-0.25, -0.2) is 0 Å². The second kappa shape index (κ2) is 16.3. The number of hydrogen-bond donors (Lipinski definition) is 0. The van der Waals surface area contributed by atoms with E-state index >= 15 is 0 Å². The van der Waals surface area contributed by atoms with Crippen molar-refractivity contribution >= 4 is 99.5 Å². The molecule has 11 rings (SSSR count). The van der Waals surface area contributed by atoms with Crippen LogP contribution in [0.25, 0.3) is 65.4 Å². The molecular formula is C62H56N2O2. The normalized spacial score (nSPS) is 12.2. The summed E-state index contributed by atoms with van der Waals surface area (Å²) in [6, 6.07) is 62.5. The van der Waals surface area contributed by atoms with Crippen LogP contribution < -0.4 is 9.80 Å². The molecular weight excluding hydrogens is 805 g/mol.